The molecule has 1 rings (SSSR count). The predicted octanol–water partition coefficient (Wildman–Crippen LogP) is 2.86. The number of hydrogen-bond acceptors (Lipinski definition) is 2. The van der Waals surface area contributed by atoms with Gasteiger partial charge in [0.05, 0.1) is 0 Å². The highest BCUT2D eigenvalue weighted by atomic mass is 28.3. The molecular formula is C11H24O2Si. The molecule has 0 aromatic heterocycles. The van der Waals surface area contributed by atoms with E-state index in [4.69, 9.17) is 8.85 Å². The number of rotatable bonds is 6. The molecule has 0 N–H and O–H groups in total. The monoisotopic (exact) mass is 216 g/mol. The van der Waals surface area contributed by atoms with E-state index in [9.17, 15) is 0 Å². The topological polar surface area (TPSA) is 18.5 Å². The van der Waals surface area contributed by atoms with Crippen LogP contribution in [-0.4, -0.2) is 23.5 Å². The van der Waals surface area contributed by atoms with Crippen molar-refractivity contribution in [3.8, 4) is 0 Å². The Morgan fingerprint density at radius 1 is 1.07 bits per heavy atom. The van der Waals surface area contributed by atoms with Gasteiger partial charge in [-0.1, -0.05) is 44.9 Å². The van der Waals surface area contributed by atoms with Gasteiger partial charge in [-0.25, -0.2) is 0 Å². The minimum absolute atomic E-state index is 1.01. The van der Waals surface area contributed by atoms with Crippen LogP contribution < -0.4 is 0 Å². The maximum absolute atomic E-state index is 5.31. The summed E-state index contributed by atoms with van der Waals surface area (Å²) in [6.07, 6.45) is 10.0. The largest absolute Gasteiger partial charge is 0.400 e. The quantitative estimate of drug-likeness (QED) is 0.636. The van der Waals surface area contributed by atoms with Gasteiger partial charge >= 0.3 is 9.28 Å². The summed E-state index contributed by atoms with van der Waals surface area (Å²) in [6.45, 7) is 0. The van der Waals surface area contributed by atoms with Crippen molar-refractivity contribution in [3.05, 3.63) is 0 Å². The second-order valence-electron chi connectivity index (χ2n) is 4.34. The van der Waals surface area contributed by atoms with Crippen molar-refractivity contribution in [1.29, 1.82) is 0 Å². The minimum atomic E-state index is -1.26. The summed E-state index contributed by atoms with van der Waals surface area (Å²) in [5.41, 5.74) is 0. The second-order valence-corrected chi connectivity index (χ2v) is 6.72. The first-order valence-electron chi connectivity index (χ1n) is 5.92. The van der Waals surface area contributed by atoms with Crippen molar-refractivity contribution in [2.45, 2.75) is 51.0 Å². The average Bonchev–Trinajstić information content (AvgIpc) is 2.26. The van der Waals surface area contributed by atoms with Crippen LogP contribution in [-0.2, 0) is 8.85 Å². The maximum Gasteiger partial charge on any atom is 0.320 e. The highest BCUT2D eigenvalue weighted by Gasteiger charge is 2.15. The molecule has 1 saturated carbocycles. The van der Waals surface area contributed by atoms with Gasteiger partial charge in [-0.15, -0.1) is 0 Å². The van der Waals surface area contributed by atoms with E-state index in [1.807, 2.05) is 0 Å². The molecule has 0 aliphatic heterocycles. The van der Waals surface area contributed by atoms with E-state index in [-0.39, 0.29) is 0 Å². The zero-order chi connectivity index (χ0) is 10.2. The minimum Gasteiger partial charge on any atom is -0.400 e. The van der Waals surface area contributed by atoms with Crippen LogP contribution in [0, 0.1) is 5.92 Å². The summed E-state index contributed by atoms with van der Waals surface area (Å²) in [6, 6.07) is 1.18. The molecule has 0 aromatic carbocycles. The summed E-state index contributed by atoms with van der Waals surface area (Å²) in [4.78, 5) is 0. The summed E-state index contributed by atoms with van der Waals surface area (Å²) >= 11 is 0. The van der Waals surface area contributed by atoms with Crippen LogP contribution in [0.1, 0.15) is 44.9 Å². The van der Waals surface area contributed by atoms with Crippen LogP contribution in [0.2, 0.25) is 6.04 Å². The fourth-order valence-electron chi connectivity index (χ4n) is 2.38. The Hall–Kier alpha value is 0.137. The lowest BCUT2D eigenvalue weighted by molar-refractivity contribution is 0.272. The Balaban J connectivity index is 2.01. The van der Waals surface area contributed by atoms with Gasteiger partial charge in [0.15, 0.2) is 0 Å². The first kappa shape index (κ1) is 12.2. The predicted molar refractivity (Wildman–Crippen MR) is 61.8 cm³/mol. The molecule has 0 spiro atoms. The molecule has 3 heteroatoms. The van der Waals surface area contributed by atoms with E-state index in [0.717, 1.165) is 5.92 Å². The standard InChI is InChI=1S/C11H24O2Si/c1-12-14(13-2)10-6-9-11-7-4-3-5-8-11/h11,14H,3-10H2,1-2H3. The highest BCUT2D eigenvalue weighted by molar-refractivity contribution is 6.44. The molecular weight excluding hydrogens is 192 g/mol. The SMILES string of the molecule is CO[SiH](CCCC1CCCCC1)OC. The lowest BCUT2D eigenvalue weighted by atomic mass is 9.86. The Kier molecular flexibility index (Phi) is 6.48. The zero-order valence-corrected chi connectivity index (χ0v) is 10.8. The lowest BCUT2D eigenvalue weighted by Crippen LogP contribution is -2.19. The Bertz CT molecular complexity index is 131. The lowest BCUT2D eigenvalue weighted by Gasteiger charge is -2.21. The van der Waals surface area contributed by atoms with Crippen molar-refractivity contribution in [2.24, 2.45) is 5.92 Å². The fraction of sp³-hybridized carbons (Fsp3) is 1.00. The van der Waals surface area contributed by atoms with Crippen LogP contribution in [0.15, 0.2) is 0 Å². The van der Waals surface area contributed by atoms with Crippen molar-refractivity contribution in [3.63, 3.8) is 0 Å². The summed E-state index contributed by atoms with van der Waals surface area (Å²) in [7, 11) is 2.29. The average molecular weight is 216 g/mol. The molecule has 1 aliphatic carbocycles. The van der Waals surface area contributed by atoms with Gasteiger partial charge in [-0.05, 0) is 12.0 Å². The van der Waals surface area contributed by atoms with E-state index >= 15 is 0 Å². The molecule has 0 heterocycles. The van der Waals surface area contributed by atoms with Crippen molar-refractivity contribution < 1.29 is 8.85 Å². The van der Waals surface area contributed by atoms with Gasteiger partial charge in [-0.2, -0.15) is 0 Å². The molecule has 0 radical (unpaired) electrons. The third-order valence-electron chi connectivity index (χ3n) is 3.30. The fourth-order valence-corrected chi connectivity index (χ4v) is 3.61. The molecule has 2 nitrogen and oxygen atoms in total. The molecule has 84 valence electrons. The van der Waals surface area contributed by atoms with Gasteiger partial charge in [0.2, 0.25) is 0 Å². The molecule has 0 atom stereocenters. The van der Waals surface area contributed by atoms with Crippen molar-refractivity contribution in [1.82, 2.24) is 0 Å². The highest BCUT2D eigenvalue weighted by Crippen LogP contribution is 2.27. The van der Waals surface area contributed by atoms with Crippen molar-refractivity contribution in [2.75, 3.05) is 14.2 Å². The molecule has 0 bridgehead atoms. The second kappa shape index (κ2) is 7.43. The Morgan fingerprint density at radius 3 is 2.29 bits per heavy atom. The summed E-state index contributed by atoms with van der Waals surface area (Å²) in [5.74, 6) is 1.01. The third kappa shape index (κ3) is 4.58. The summed E-state index contributed by atoms with van der Waals surface area (Å²) < 4.78 is 10.6. The van der Waals surface area contributed by atoms with Crippen molar-refractivity contribution >= 4 is 9.28 Å². The van der Waals surface area contributed by atoms with E-state index in [2.05, 4.69) is 0 Å². The smallest absolute Gasteiger partial charge is 0.320 e. The van der Waals surface area contributed by atoms with E-state index < -0.39 is 9.28 Å². The molecule has 0 amide bonds. The molecule has 0 aromatic rings. The van der Waals surface area contributed by atoms with Crippen LogP contribution >= 0.6 is 0 Å². The van der Waals surface area contributed by atoms with E-state index in [0.29, 0.717) is 0 Å². The zero-order valence-electron chi connectivity index (χ0n) is 9.63. The first-order valence-corrected chi connectivity index (χ1v) is 7.68. The first-order chi connectivity index (χ1) is 6.86. The number of hydrogen-bond donors (Lipinski definition) is 0. The molecule has 1 fully saturated rings. The van der Waals surface area contributed by atoms with Crippen LogP contribution in [0.5, 0.6) is 0 Å². The van der Waals surface area contributed by atoms with Crippen LogP contribution in [0.25, 0.3) is 0 Å². The van der Waals surface area contributed by atoms with Crippen LogP contribution in [0.3, 0.4) is 0 Å². The summed E-state index contributed by atoms with van der Waals surface area (Å²) in [5, 5.41) is 0. The van der Waals surface area contributed by atoms with Gasteiger partial charge in [0.25, 0.3) is 0 Å². The Labute approximate surface area is 89.8 Å². The normalized spacial score (nSPS) is 19.1. The van der Waals surface area contributed by atoms with E-state index in [1.165, 1.54) is 51.0 Å². The third-order valence-corrected chi connectivity index (χ3v) is 5.23. The molecule has 1 aliphatic rings. The van der Waals surface area contributed by atoms with Gasteiger partial charge in [0, 0.05) is 14.2 Å². The van der Waals surface area contributed by atoms with Gasteiger partial charge in [-0.3, -0.25) is 0 Å². The van der Waals surface area contributed by atoms with Crippen LogP contribution in [0.4, 0.5) is 0 Å². The molecule has 0 unspecified atom stereocenters. The molecule has 14 heavy (non-hydrogen) atoms. The maximum atomic E-state index is 5.31. The Morgan fingerprint density at radius 2 is 1.71 bits per heavy atom. The molecule has 0 saturated heterocycles. The van der Waals surface area contributed by atoms with Gasteiger partial charge < -0.3 is 8.85 Å². The van der Waals surface area contributed by atoms with Gasteiger partial charge in [0.1, 0.15) is 0 Å². The van der Waals surface area contributed by atoms with E-state index in [1.54, 1.807) is 14.2 Å².